The highest BCUT2D eigenvalue weighted by atomic mass is 19.4. The van der Waals surface area contributed by atoms with Crippen LogP contribution in [0.2, 0.25) is 0 Å². The minimum Gasteiger partial charge on any atom is -0.467 e. The lowest BCUT2D eigenvalue weighted by molar-refractivity contribution is -0.143. The molecule has 0 N–H and O–H groups in total. The van der Waals surface area contributed by atoms with E-state index in [1.54, 1.807) is 11.8 Å². The van der Waals surface area contributed by atoms with E-state index >= 15 is 0 Å². The Morgan fingerprint density at radius 3 is 2.58 bits per heavy atom. The van der Waals surface area contributed by atoms with Gasteiger partial charge in [-0.25, -0.2) is 4.79 Å². The Kier molecular flexibility index (Phi) is 3.43. The number of nitrogens with zero attached hydrogens (tertiary/aromatic N) is 1. The highest BCUT2D eigenvalue weighted by Gasteiger charge is 2.37. The molecule has 3 nitrogen and oxygen atoms in total. The molecule has 1 fully saturated rings. The van der Waals surface area contributed by atoms with Crippen LogP contribution >= 0.6 is 0 Å². The number of hydrogen-bond donors (Lipinski definition) is 0. The summed E-state index contributed by atoms with van der Waals surface area (Å²) in [5.41, 5.74) is 0.446. The standard InChI is InChI=1S/C13H14F3NO2/c1-8-3-4-9(13(14,15)16)7-11(8)17-6-5-10(17)12(18)19-2/h3-4,7,10H,5-6H2,1-2H3. The molecule has 1 aliphatic rings. The first-order valence-electron chi connectivity index (χ1n) is 5.87. The molecule has 1 aromatic rings. The number of hydrogen-bond acceptors (Lipinski definition) is 3. The number of carbonyl (C=O) groups is 1. The third-order valence-corrected chi connectivity index (χ3v) is 3.34. The molecule has 0 radical (unpaired) electrons. The van der Waals surface area contributed by atoms with Crippen molar-refractivity contribution in [3.05, 3.63) is 29.3 Å². The van der Waals surface area contributed by atoms with E-state index in [9.17, 15) is 18.0 Å². The van der Waals surface area contributed by atoms with Crippen molar-refractivity contribution in [2.75, 3.05) is 18.6 Å². The third-order valence-electron chi connectivity index (χ3n) is 3.34. The quantitative estimate of drug-likeness (QED) is 0.776. The van der Waals surface area contributed by atoms with Crippen LogP contribution in [-0.2, 0) is 15.7 Å². The average molecular weight is 273 g/mol. The molecule has 2 rings (SSSR count). The Balaban J connectivity index is 2.32. The molecule has 1 saturated heterocycles. The van der Waals surface area contributed by atoms with E-state index in [4.69, 9.17) is 0 Å². The molecule has 0 bridgehead atoms. The summed E-state index contributed by atoms with van der Waals surface area (Å²) >= 11 is 0. The van der Waals surface area contributed by atoms with Gasteiger partial charge in [0.2, 0.25) is 0 Å². The Hall–Kier alpha value is -1.72. The molecule has 0 spiro atoms. The van der Waals surface area contributed by atoms with E-state index in [2.05, 4.69) is 4.74 Å². The Morgan fingerprint density at radius 1 is 1.42 bits per heavy atom. The SMILES string of the molecule is COC(=O)C1CCN1c1cc(C(F)(F)F)ccc1C. The zero-order chi connectivity index (χ0) is 14.2. The number of halogens is 3. The van der Waals surface area contributed by atoms with E-state index in [1.165, 1.54) is 13.2 Å². The van der Waals surface area contributed by atoms with Gasteiger partial charge < -0.3 is 9.64 Å². The summed E-state index contributed by atoms with van der Waals surface area (Å²) in [6.07, 6.45) is -3.78. The second kappa shape index (κ2) is 4.75. The summed E-state index contributed by atoms with van der Waals surface area (Å²) in [7, 11) is 1.28. The normalized spacial score (nSPS) is 19.0. The van der Waals surface area contributed by atoms with Crippen LogP contribution in [0.15, 0.2) is 18.2 Å². The second-order valence-electron chi connectivity index (χ2n) is 4.52. The van der Waals surface area contributed by atoms with Crippen LogP contribution in [0, 0.1) is 6.92 Å². The van der Waals surface area contributed by atoms with Crippen molar-refractivity contribution in [1.82, 2.24) is 0 Å². The lowest BCUT2D eigenvalue weighted by atomic mass is 9.99. The van der Waals surface area contributed by atoms with Gasteiger partial charge in [0.15, 0.2) is 0 Å². The fraction of sp³-hybridized carbons (Fsp3) is 0.462. The van der Waals surface area contributed by atoms with Gasteiger partial charge in [-0.05, 0) is 31.0 Å². The van der Waals surface area contributed by atoms with Gasteiger partial charge in [0.05, 0.1) is 12.7 Å². The van der Waals surface area contributed by atoms with E-state index in [-0.39, 0.29) is 0 Å². The predicted octanol–water partition coefficient (Wildman–Crippen LogP) is 2.77. The van der Waals surface area contributed by atoms with Crippen LogP contribution in [0.25, 0.3) is 0 Å². The second-order valence-corrected chi connectivity index (χ2v) is 4.52. The zero-order valence-corrected chi connectivity index (χ0v) is 10.6. The predicted molar refractivity (Wildman–Crippen MR) is 63.9 cm³/mol. The summed E-state index contributed by atoms with van der Waals surface area (Å²) in [5.74, 6) is -0.414. The van der Waals surface area contributed by atoms with Gasteiger partial charge in [-0.1, -0.05) is 6.07 Å². The minimum absolute atomic E-state index is 0.414. The number of esters is 1. The lowest BCUT2D eigenvalue weighted by Crippen LogP contribution is -2.53. The van der Waals surface area contributed by atoms with Crippen LogP contribution < -0.4 is 4.90 Å². The number of ether oxygens (including phenoxy) is 1. The minimum atomic E-state index is -4.38. The van der Waals surface area contributed by atoms with Gasteiger partial charge in [-0.2, -0.15) is 13.2 Å². The molecule has 6 heteroatoms. The first-order chi connectivity index (χ1) is 8.84. The lowest BCUT2D eigenvalue weighted by Gasteiger charge is -2.41. The summed E-state index contributed by atoms with van der Waals surface area (Å²) in [6.45, 7) is 2.28. The van der Waals surface area contributed by atoms with Crippen LogP contribution in [0.1, 0.15) is 17.5 Å². The Labute approximate surface area is 109 Å². The van der Waals surface area contributed by atoms with Crippen molar-refractivity contribution in [2.45, 2.75) is 25.6 Å². The number of alkyl halides is 3. The number of methoxy groups -OCH3 is 1. The van der Waals surface area contributed by atoms with E-state index in [1.807, 2.05) is 0 Å². The molecule has 1 heterocycles. The number of anilines is 1. The monoisotopic (exact) mass is 273 g/mol. The maximum atomic E-state index is 12.7. The average Bonchev–Trinajstić information content (AvgIpc) is 2.28. The van der Waals surface area contributed by atoms with Crippen molar-refractivity contribution in [3.63, 3.8) is 0 Å². The molecule has 0 amide bonds. The number of carbonyl (C=O) groups excluding carboxylic acids is 1. The van der Waals surface area contributed by atoms with Crippen LogP contribution in [0.3, 0.4) is 0 Å². The first kappa shape index (κ1) is 13.7. The van der Waals surface area contributed by atoms with E-state index < -0.39 is 23.8 Å². The highest BCUT2D eigenvalue weighted by Crippen LogP contribution is 2.36. The van der Waals surface area contributed by atoms with E-state index in [0.29, 0.717) is 24.2 Å². The van der Waals surface area contributed by atoms with E-state index in [0.717, 1.165) is 12.1 Å². The molecule has 1 aliphatic heterocycles. The molecular weight excluding hydrogens is 259 g/mol. The van der Waals surface area contributed by atoms with Crippen molar-refractivity contribution in [3.8, 4) is 0 Å². The fourth-order valence-corrected chi connectivity index (χ4v) is 2.15. The fourth-order valence-electron chi connectivity index (χ4n) is 2.15. The van der Waals surface area contributed by atoms with Crippen molar-refractivity contribution < 1.29 is 22.7 Å². The topological polar surface area (TPSA) is 29.5 Å². The molecule has 1 aromatic carbocycles. The number of benzene rings is 1. The molecular formula is C13H14F3NO2. The van der Waals surface area contributed by atoms with Gasteiger partial charge in [0.25, 0.3) is 0 Å². The third kappa shape index (κ3) is 2.52. The molecule has 19 heavy (non-hydrogen) atoms. The van der Waals surface area contributed by atoms with Crippen LogP contribution in [0.4, 0.5) is 18.9 Å². The largest absolute Gasteiger partial charge is 0.467 e. The number of aryl methyl sites for hydroxylation is 1. The maximum Gasteiger partial charge on any atom is 0.416 e. The summed E-state index contributed by atoms with van der Waals surface area (Å²) in [5, 5.41) is 0. The molecule has 0 aromatic heterocycles. The summed E-state index contributed by atoms with van der Waals surface area (Å²) in [6, 6.07) is 3.08. The number of rotatable bonds is 2. The molecule has 0 aliphatic carbocycles. The highest BCUT2D eigenvalue weighted by molar-refractivity contribution is 5.82. The van der Waals surface area contributed by atoms with Gasteiger partial charge >= 0.3 is 12.1 Å². The first-order valence-corrected chi connectivity index (χ1v) is 5.87. The Bertz CT molecular complexity index is 499. The molecule has 1 atom stereocenters. The molecule has 1 unspecified atom stereocenters. The summed E-state index contributed by atoms with van der Waals surface area (Å²) in [4.78, 5) is 13.1. The maximum absolute atomic E-state index is 12.7. The van der Waals surface area contributed by atoms with Gasteiger partial charge in [-0.3, -0.25) is 0 Å². The molecule has 0 saturated carbocycles. The zero-order valence-electron chi connectivity index (χ0n) is 10.6. The van der Waals surface area contributed by atoms with Crippen LogP contribution in [-0.4, -0.2) is 25.7 Å². The Morgan fingerprint density at radius 2 is 2.11 bits per heavy atom. The summed E-state index contributed by atoms with van der Waals surface area (Å²) < 4.78 is 42.7. The van der Waals surface area contributed by atoms with Crippen molar-refractivity contribution in [2.24, 2.45) is 0 Å². The smallest absolute Gasteiger partial charge is 0.416 e. The van der Waals surface area contributed by atoms with Gasteiger partial charge in [0.1, 0.15) is 6.04 Å². The van der Waals surface area contributed by atoms with Crippen LogP contribution in [0.5, 0.6) is 0 Å². The van der Waals surface area contributed by atoms with Crippen molar-refractivity contribution in [1.29, 1.82) is 0 Å². The molecule has 104 valence electrons. The van der Waals surface area contributed by atoms with Gasteiger partial charge in [-0.15, -0.1) is 0 Å². The van der Waals surface area contributed by atoms with Crippen molar-refractivity contribution >= 4 is 11.7 Å². The van der Waals surface area contributed by atoms with Gasteiger partial charge in [0, 0.05) is 12.2 Å².